The number of carbonyl (C=O) groups excluding carboxylic acids is 3. The Morgan fingerprint density at radius 1 is 0.694 bits per heavy atom. The summed E-state index contributed by atoms with van der Waals surface area (Å²) >= 11 is 0. The number of fused-ring (bicyclic) bond motifs is 5. The van der Waals surface area contributed by atoms with Gasteiger partial charge in [0.1, 0.15) is 12.2 Å². The van der Waals surface area contributed by atoms with Gasteiger partial charge in [-0.2, -0.15) is 52.7 Å². The van der Waals surface area contributed by atoms with Gasteiger partial charge in [-0.3, -0.25) is 4.79 Å². The molecule has 0 bridgehead atoms. The Bertz CT molecular complexity index is 1230. The summed E-state index contributed by atoms with van der Waals surface area (Å²) in [6.07, 6.45) is -27.8. The number of carbonyl (C=O) groups is 3. The van der Waals surface area contributed by atoms with E-state index < -0.39 is 84.1 Å². The third kappa shape index (κ3) is 8.06. The summed E-state index contributed by atoms with van der Waals surface area (Å²) in [7, 11) is 0. The van der Waals surface area contributed by atoms with Crippen LogP contribution in [0.4, 0.5) is 52.7 Å². The highest BCUT2D eigenvalue weighted by atomic mass is 19.4. The summed E-state index contributed by atoms with van der Waals surface area (Å²) in [4.78, 5) is 35.7. The molecule has 0 aromatic rings. The van der Waals surface area contributed by atoms with Gasteiger partial charge in [-0.1, -0.05) is 20.8 Å². The van der Waals surface area contributed by atoms with Gasteiger partial charge in [0, 0.05) is 12.3 Å². The average molecular weight is 735 g/mol. The molecule has 10 atom stereocenters. The van der Waals surface area contributed by atoms with Crippen molar-refractivity contribution in [2.45, 2.75) is 128 Å². The second kappa shape index (κ2) is 13.3. The van der Waals surface area contributed by atoms with E-state index in [1.165, 1.54) is 0 Å². The number of ether oxygens (including phenoxy) is 3. The number of rotatable bonds is 7. The molecule has 6 nitrogen and oxygen atoms in total. The molecule has 0 heterocycles. The molecule has 4 fully saturated rings. The average Bonchev–Trinajstić information content (AvgIpc) is 3.30. The molecule has 0 radical (unpaired) electrons. The maximum absolute atomic E-state index is 13.4. The van der Waals surface area contributed by atoms with Crippen LogP contribution in [0.5, 0.6) is 0 Å². The quantitative estimate of drug-likeness (QED) is 0.148. The molecule has 0 aromatic carbocycles. The van der Waals surface area contributed by atoms with Gasteiger partial charge in [-0.15, -0.1) is 0 Å². The van der Waals surface area contributed by atoms with Crippen molar-refractivity contribution in [3.05, 3.63) is 0 Å². The summed E-state index contributed by atoms with van der Waals surface area (Å²) < 4.78 is 169. The van der Waals surface area contributed by atoms with Gasteiger partial charge in [0.25, 0.3) is 6.10 Å². The number of alkyl halides is 12. The zero-order valence-corrected chi connectivity index (χ0v) is 26.8. The Hall–Kier alpha value is -2.43. The summed E-state index contributed by atoms with van der Waals surface area (Å²) in [5.74, 6) is -8.47. The summed E-state index contributed by atoms with van der Waals surface area (Å²) in [5, 5.41) is 0. The van der Waals surface area contributed by atoms with Crippen molar-refractivity contribution < 1.29 is 81.3 Å². The fourth-order valence-electron chi connectivity index (χ4n) is 9.92. The normalized spacial score (nSPS) is 35.9. The molecule has 49 heavy (non-hydrogen) atoms. The Kier molecular flexibility index (Phi) is 10.7. The minimum Gasteiger partial charge on any atom is -0.456 e. The van der Waals surface area contributed by atoms with E-state index in [1.54, 1.807) is 6.92 Å². The van der Waals surface area contributed by atoms with Gasteiger partial charge in [0.05, 0.1) is 0 Å². The van der Waals surface area contributed by atoms with Gasteiger partial charge >= 0.3 is 42.6 Å². The molecule has 0 unspecified atom stereocenters. The highest BCUT2D eigenvalue weighted by Gasteiger charge is 2.64. The molecule has 0 amide bonds. The number of hydrogen-bond acceptors (Lipinski definition) is 6. The van der Waals surface area contributed by atoms with Gasteiger partial charge in [-0.25, -0.2) is 9.59 Å². The van der Waals surface area contributed by atoms with Crippen LogP contribution in [-0.2, 0) is 28.6 Å². The highest BCUT2D eigenvalue weighted by molar-refractivity contribution is 5.76. The lowest BCUT2D eigenvalue weighted by atomic mass is 9.43. The van der Waals surface area contributed by atoms with Gasteiger partial charge in [-0.05, 0) is 98.2 Å². The first-order chi connectivity index (χ1) is 22.2. The van der Waals surface area contributed by atoms with Crippen molar-refractivity contribution >= 4 is 17.9 Å². The van der Waals surface area contributed by atoms with Crippen LogP contribution in [0.3, 0.4) is 0 Å². The Balaban J connectivity index is 1.51. The molecule has 4 saturated carbocycles. The summed E-state index contributed by atoms with van der Waals surface area (Å²) in [6.45, 7) is 5.49. The number of hydrogen-bond donors (Lipinski definition) is 0. The minimum atomic E-state index is -5.85. The molecule has 0 aromatic heterocycles. The first-order valence-corrected chi connectivity index (χ1v) is 16.1. The van der Waals surface area contributed by atoms with Crippen molar-refractivity contribution in [2.24, 2.45) is 46.3 Å². The molecule has 4 rings (SSSR count). The third-order valence-corrected chi connectivity index (χ3v) is 12.0. The minimum absolute atomic E-state index is 0.0131. The predicted molar refractivity (Wildman–Crippen MR) is 143 cm³/mol. The van der Waals surface area contributed by atoms with Gasteiger partial charge < -0.3 is 14.2 Å². The van der Waals surface area contributed by atoms with Crippen LogP contribution in [0.2, 0.25) is 0 Å². The first kappa shape index (κ1) is 39.4. The monoisotopic (exact) mass is 734 g/mol. The molecule has 0 aliphatic heterocycles. The summed E-state index contributed by atoms with van der Waals surface area (Å²) in [6, 6.07) is 0. The Labute approximate surface area is 273 Å². The van der Waals surface area contributed by atoms with E-state index in [4.69, 9.17) is 4.74 Å². The molecule has 0 saturated heterocycles. The SMILES string of the molecule is C[C@H](CCC(=O)OC(C(F)(F)F)C(F)(F)F)[C@H]1CC[C@H]2[C@@H]3C[C@@H](OC(=O)C(F)(F)F)[C@@H]4C[C@H](OC(=O)C(F)(F)F)CC[C@]4(C)[C@H]3CC[C@]12C. The zero-order valence-electron chi connectivity index (χ0n) is 26.8. The molecular formula is C31H38F12O6. The van der Waals surface area contributed by atoms with E-state index in [0.717, 1.165) is 0 Å². The topological polar surface area (TPSA) is 78.9 Å². The van der Waals surface area contributed by atoms with Crippen LogP contribution in [0.25, 0.3) is 0 Å². The molecule has 4 aliphatic carbocycles. The Morgan fingerprint density at radius 3 is 1.78 bits per heavy atom. The molecule has 282 valence electrons. The lowest BCUT2D eigenvalue weighted by Crippen LogP contribution is -2.59. The van der Waals surface area contributed by atoms with Crippen LogP contribution in [0.15, 0.2) is 0 Å². The molecular weight excluding hydrogens is 696 g/mol. The second-order valence-corrected chi connectivity index (χ2v) is 14.7. The van der Waals surface area contributed by atoms with Crippen molar-refractivity contribution in [3.8, 4) is 0 Å². The Morgan fingerprint density at radius 2 is 1.22 bits per heavy atom. The molecule has 4 aliphatic rings. The smallest absolute Gasteiger partial charge is 0.456 e. The van der Waals surface area contributed by atoms with Gasteiger partial charge in [0.2, 0.25) is 0 Å². The molecule has 0 spiro atoms. The van der Waals surface area contributed by atoms with Crippen molar-refractivity contribution in [1.82, 2.24) is 0 Å². The van der Waals surface area contributed by atoms with Gasteiger partial charge in [0.15, 0.2) is 0 Å². The van der Waals surface area contributed by atoms with E-state index in [2.05, 4.69) is 9.47 Å². The van der Waals surface area contributed by atoms with E-state index in [0.29, 0.717) is 25.7 Å². The lowest BCUT2D eigenvalue weighted by molar-refractivity contribution is -0.313. The fraction of sp³-hybridized carbons (Fsp3) is 0.903. The van der Waals surface area contributed by atoms with E-state index >= 15 is 0 Å². The van der Waals surface area contributed by atoms with E-state index in [9.17, 15) is 67.1 Å². The lowest BCUT2D eigenvalue weighted by Gasteiger charge is -2.62. The maximum atomic E-state index is 13.4. The second-order valence-electron chi connectivity index (χ2n) is 14.7. The van der Waals surface area contributed by atoms with Crippen molar-refractivity contribution in [1.29, 1.82) is 0 Å². The summed E-state index contributed by atoms with van der Waals surface area (Å²) in [5.41, 5.74) is -1.28. The van der Waals surface area contributed by atoms with Crippen LogP contribution < -0.4 is 0 Å². The largest absolute Gasteiger partial charge is 0.490 e. The number of halogens is 12. The van der Waals surface area contributed by atoms with Crippen LogP contribution in [0.1, 0.15) is 85.0 Å². The highest BCUT2D eigenvalue weighted by Crippen LogP contribution is 2.69. The van der Waals surface area contributed by atoms with Crippen LogP contribution in [0, 0.1) is 46.3 Å². The predicted octanol–water partition coefficient (Wildman–Crippen LogP) is 8.66. The fourth-order valence-corrected chi connectivity index (χ4v) is 9.92. The third-order valence-electron chi connectivity index (χ3n) is 12.0. The standard InChI is InChI=1S/C31H38F12O6/c1-14(4-7-22(44)49-23(28(32,33)34)29(35,36)37)17-5-6-18-16-13-21(48-25(46)31(41,42)43)20-12-15(47-24(45)30(38,39)40)8-10-27(20,3)19(16)9-11-26(17,18)2/h14-21,23H,4-13H2,1-3H3/t14-,15-,16+,17-,18+,19+,20+,21-,26-,27-/m1/s1. The first-order valence-electron chi connectivity index (χ1n) is 16.1. The van der Waals surface area contributed by atoms with Crippen LogP contribution in [-0.4, -0.2) is 60.9 Å². The molecule has 0 N–H and O–H groups in total. The van der Waals surface area contributed by atoms with Crippen molar-refractivity contribution in [3.63, 3.8) is 0 Å². The van der Waals surface area contributed by atoms with E-state index in [1.807, 2.05) is 13.8 Å². The zero-order chi connectivity index (χ0) is 37.1. The van der Waals surface area contributed by atoms with Crippen LogP contribution >= 0.6 is 0 Å². The van der Waals surface area contributed by atoms with Crippen molar-refractivity contribution in [2.75, 3.05) is 0 Å². The molecule has 18 heteroatoms. The number of esters is 3. The van der Waals surface area contributed by atoms with E-state index in [-0.39, 0.29) is 61.7 Å². The maximum Gasteiger partial charge on any atom is 0.490 e.